The summed E-state index contributed by atoms with van der Waals surface area (Å²) in [4.78, 5) is 0. The summed E-state index contributed by atoms with van der Waals surface area (Å²) in [6, 6.07) is 0. The Bertz CT molecular complexity index is 52.0. The predicted molar refractivity (Wildman–Crippen MR) is 28.0 cm³/mol. The predicted octanol–water partition coefficient (Wildman–Crippen LogP) is 0.124. The van der Waals surface area contributed by atoms with Crippen LogP contribution >= 0.6 is 0 Å². The first-order chi connectivity index (χ1) is 3.43. The lowest BCUT2D eigenvalue weighted by Gasteiger charge is -2.25. The summed E-state index contributed by atoms with van der Waals surface area (Å²) >= 11 is 0. The second kappa shape index (κ2) is 2.28. The van der Waals surface area contributed by atoms with Crippen LogP contribution in [0.2, 0.25) is 0 Å². The second-order valence-electron chi connectivity index (χ2n) is 1.86. The maximum absolute atomic E-state index is 5.26. The van der Waals surface area contributed by atoms with E-state index in [1.165, 1.54) is 6.42 Å². The Morgan fingerprint density at radius 1 is 1.71 bits per heavy atom. The molecule has 1 saturated heterocycles. The topological polar surface area (TPSA) is 35.2 Å². The van der Waals surface area contributed by atoms with Gasteiger partial charge in [0.25, 0.3) is 0 Å². The van der Waals surface area contributed by atoms with E-state index in [-0.39, 0.29) is 0 Å². The smallest absolute Gasteiger partial charge is 0.0609 e. The molecule has 1 aliphatic rings. The highest BCUT2D eigenvalue weighted by atomic mass is 16.5. The van der Waals surface area contributed by atoms with Crippen LogP contribution in [0.15, 0.2) is 0 Å². The molecule has 0 radical (unpaired) electrons. The van der Waals surface area contributed by atoms with Crippen LogP contribution in [0.25, 0.3) is 0 Å². The van der Waals surface area contributed by atoms with Crippen LogP contribution in [0, 0.1) is 0 Å². The third-order valence-electron chi connectivity index (χ3n) is 1.28. The van der Waals surface area contributed by atoms with E-state index in [0.29, 0.717) is 6.10 Å². The minimum absolute atomic E-state index is 0.505. The van der Waals surface area contributed by atoms with Crippen molar-refractivity contribution >= 4 is 0 Å². The van der Waals surface area contributed by atoms with Gasteiger partial charge < -0.3 is 10.5 Å². The van der Waals surface area contributed by atoms with Gasteiger partial charge in [-0.25, -0.2) is 0 Å². The van der Waals surface area contributed by atoms with Gasteiger partial charge in [0, 0.05) is 6.61 Å². The molecule has 0 aliphatic carbocycles. The van der Waals surface area contributed by atoms with Crippen molar-refractivity contribution < 1.29 is 4.74 Å². The monoisotopic (exact) mass is 101 g/mol. The van der Waals surface area contributed by atoms with E-state index >= 15 is 0 Å². The SMILES string of the molecule is NCC[C@@H]1CCO1. The van der Waals surface area contributed by atoms with Gasteiger partial charge >= 0.3 is 0 Å². The molecule has 42 valence electrons. The van der Waals surface area contributed by atoms with Gasteiger partial charge in [0.15, 0.2) is 0 Å². The first kappa shape index (κ1) is 5.06. The molecule has 0 saturated carbocycles. The number of nitrogens with two attached hydrogens (primary N) is 1. The molecule has 2 N–H and O–H groups in total. The van der Waals surface area contributed by atoms with Gasteiger partial charge in [-0.1, -0.05) is 0 Å². The third-order valence-corrected chi connectivity index (χ3v) is 1.28. The summed E-state index contributed by atoms with van der Waals surface area (Å²) in [6.07, 6.45) is 2.77. The lowest BCUT2D eigenvalue weighted by Crippen LogP contribution is -2.28. The van der Waals surface area contributed by atoms with E-state index in [1.807, 2.05) is 0 Å². The molecule has 0 aromatic heterocycles. The van der Waals surface area contributed by atoms with Crippen LogP contribution in [0.1, 0.15) is 12.8 Å². The molecular weight excluding hydrogens is 90.1 g/mol. The number of ether oxygens (including phenoxy) is 1. The molecular formula is C5H11NO. The number of hydrogen-bond acceptors (Lipinski definition) is 2. The fourth-order valence-corrected chi connectivity index (χ4v) is 0.698. The standard InChI is InChI=1S/C5H11NO/c6-3-1-5-2-4-7-5/h5H,1-4,6H2/t5-/m1/s1. The van der Waals surface area contributed by atoms with Crippen LogP contribution in [-0.2, 0) is 4.74 Å². The van der Waals surface area contributed by atoms with E-state index in [1.54, 1.807) is 0 Å². The van der Waals surface area contributed by atoms with Crippen molar-refractivity contribution in [3.63, 3.8) is 0 Å². The lowest BCUT2D eigenvalue weighted by molar-refractivity contribution is -0.0528. The zero-order valence-corrected chi connectivity index (χ0v) is 4.39. The van der Waals surface area contributed by atoms with Crippen molar-refractivity contribution in [1.82, 2.24) is 0 Å². The molecule has 0 spiro atoms. The van der Waals surface area contributed by atoms with Gasteiger partial charge in [0.2, 0.25) is 0 Å². The molecule has 2 heteroatoms. The van der Waals surface area contributed by atoms with Gasteiger partial charge in [-0.3, -0.25) is 0 Å². The van der Waals surface area contributed by atoms with Crippen molar-refractivity contribution in [2.24, 2.45) is 5.73 Å². The molecule has 2 nitrogen and oxygen atoms in total. The van der Waals surface area contributed by atoms with Gasteiger partial charge in [-0.05, 0) is 19.4 Å². The van der Waals surface area contributed by atoms with E-state index in [4.69, 9.17) is 10.5 Å². The molecule has 0 bridgehead atoms. The van der Waals surface area contributed by atoms with E-state index in [0.717, 1.165) is 19.6 Å². The molecule has 1 aliphatic heterocycles. The van der Waals surface area contributed by atoms with Crippen molar-refractivity contribution in [2.45, 2.75) is 18.9 Å². The highest BCUT2D eigenvalue weighted by molar-refractivity contribution is 4.65. The Labute approximate surface area is 43.6 Å². The molecule has 0 unspecified atom stereocenters. The first-order valence-corrected chi connectivity index (χ1v) is 2.75. The quantitative estimate of drug-likeness (QED) is 0.536. The summed E-state index contributed by atoms with van der Waals surface area (Å²) < 4.78 is 5.09. The highest BCUT2D eigenvalue weighted by Gasteiger charge is 2.15. The van der Waals surface area contributed by atoms with Crippen molar-refractivity contribution in [2.75, 3.05) is 13.2 Å². The summed E-state index contributed by atoms with van der Waals surface area (Å²) in [6.45, 7) is 1.72. The second-order valence-corrected chi connectivity index (χ2v) is 1.86. The van der Waals surface area contributed by atoms with Crippen molar-refractivity contribution in [1.29, 1.82) is 0 Å². The third kappa shape index (κ3) is 1.14. The highest BCUT2D eigenvalue weighted by Crippen LogP contribution is 2.12. The maximum atomic E-state index is 5.26. The Balaban J connectivity index is 1.93. The van der Waals surface area contributed by atoms with Gasteiger partial charge in [0.05, 0.1) is 6.10 Å². The van der Waals surface area contributed by atoms with Crippen LogP contribution in [-0.4, -0.2) is 19.3 Å². The molecule has 0 aromatic carbocycles. The maximum Gasteiger partial charge on any atom is 0.0609 e. The van der Waals surface area contributed by atoms with Crippen molar-refractivity contribution in [3.05, 3.63) is 0 Å². The first-order valence-electron chi connectivity index (χ1n) is 2.75. The van der Waals surface area contributed by atoms with Crippen LogP contribution in [0.5, 0.6) is 0 Å². The Kier molecular flexibility index (Phi) is 1.65. The average Bonchev–Trinajstić information content (AvgIpc) is 1.55. The van der Waals surface area contributed by atoms with Gasteiger partial charge in [0.1, 0.15) is 0 Å². The fraction of sp³-hybridized carbons (Fsp3) is 1.00. The largest absolute Gasteiger partial charge is 0.378 e. The van der Waals surface area contributed by atoms with Crippen molar-refractivity contribution in [3.8, 4) is 0 Å². The normalized spacial score (nSPS) is 29.6. The van der Waals surface area contributed by atoms with E-state index in [2.05, 4.69) is 0 Å². The zero-order valence-electron chi connectivity index (χ0n) is 4.39. The summed E-state index contributed by atoms with van der Waals surface area (Å²) in [5, 5.41) is 0. The zero-order chi connectivity index (χ0) is 5.11. The van der Waals surface area contributed by atoms with Gasteiger partial charge in [-0.15, -0.1) is 0 Å². The van der Waals surface area contributed by atoms with Crippen LogP contribution < -0.4 is 5.73 Å². The Hall–Kier alpha value is -0.0800. The number of rotatable bonds is 2. The number of hydrogen-bond donors (Lipinski definition) is 1. The molecule has 1 fully saturated rings. The molecule has 0 aromatic rings. The summed E-state index contributed by atoms with van der Waals surface area (Å²) in [7, 11) is 0. The molecule has 7 heavy (non-hydrogen) atoms. The summed E-state index contributed by atoms with van der Waals surface area (Å²) in [5.41, 5.74) is 5.26. The minimum atomic E-state index is 0.505. The van der Waals surface area contributed by atoms with Gasteiger partial charge in [-0.2, -0.15) is 0 Å². The molecule has 0 amide bonds. The molecule has 1 atom stereocenters. The molecule has 1 rings (SSSR count). The average molecular weight is 101 g/mol. The van der Waals surface area contributed by atoms with Crippen LogP contribution in [0.3, 0.4) is 0 Å². The minimum Gasteiger partial charge on any atom is -0.378 e. The van der Waals surface area contributed by atoms with E-state index < -0.39 is 0 Å². The fourth-order valence-electron chi connectivity index (χ4n) is 0.698. The van der Waals surface area contributed by atoms with Crippen LogP contribution in [0.4, 0.5) is 0 Å². The Morgan fingerprint density at radius 2 is 2.43 bits per heavy atom. The lowest BCUT2D eigenvalue weighted by atomic mass is 10.1. The summed E-state index contributed by atoms with van der Waals surface area (Å²) in [5.74, 6) is 0. The molecule has 1 heterocycles. The Morgan fingerprint density at radius 3 is 2.57 bits per heavy atom. The van der Waals surface area contributed by atoms with E-state index in [9.17, 15) is 0 Å².